The number of halogens is 1. The van der Waals surface area contributed by atoms with Crippen LogP contribution >= 0.6 is 11.6 Å². The Morgan fingerprint density at radius 2 is 1.77 bits per heavy atom. The molecule has 0 aliphatic rings. The van der Waals surface area contributed by atoms with Crippen LogP contribution in [0.2, 0.25) is 5.02 Å². The van der Waals surface area contributed by atoms with Crippen LogP contribution < -0.4 is 9.46 Å². The molecule has 0 spiro atoms. The third kappa shape index (κ3) is 4.20. The smallest absolute Gasteiger partial charge is 0.318 e. The molecule has 0 saturated carbocycles. The van der Waals surface area contributed by atoms with Crippen LogP contribution in [0.5, 0.6) is 11.5 Å². The van der Waals surface area contributed by atoms with Crippen molar-refractivity contribution in [2.24, 2.45) is 0 Å². The Morgan fingerprint density at radius 3 is 2.36 bits per heavy atom. The fourth-order valence-electron chi connectivity index (χ4n) is 1.58. The van der Waals surface area contributed by atoms with E-state index in [0.717, 1.165) is 0 Å². The van der Waals surface area contributed by atoms with Gasteiger partial charge >= 0.3 is 5.97 Å². The number of aliphatic carboxylic acids is 1. The third-order valence-corrected chi connectivity index (χ3v) is 4.34. The molecule has 2 N–H and O–H groups in total. The van der Waals surface area contributed by atoms with E-state index >= 15 is 0 Å². The maximum Gasteiger partial charge on any atom is 0.318 e. The monoisotopic (exact) mass is 341 g/mol. The summed E-state index contributed by atoms with van der Waals surface area (Å²) < 4.78 is 31.1. The highest BCUT2D eigenvalue weighted by Gasteiger charge is 2.15. The normalized spacial score (nSPS) is 11.1. The van der Waals surface area contributed by atoms with E-state index in [2.05, 4.69) is 0 Å². The number of ether oxygens (including phenoxy) is 1. The Kier molecular flexibility index (Phi) is 5.02. The van der Waals surface area contributed by atoms with Gasteiger partial charge in [0.2, 0.25) is 10.0 Å². The van der Waals surface area contributed by atoms with Crippen LogP contribution in [0.25, 0.3) is 0 Å². The molecular formula is C14H12ClNO5S. The standard InChI is InChI=1S/C14H12ClNO5S/c15-12-3-1-2-4-13(12)21-10-5-7-11(8-6-10)22(19,20)16-9-14(17)18/h1-8,16H,9H2,(H,17,18). The summed E-state index contributed by atoms with van der Waals surface area (Å²) in [6.07, 6.45) is 0. The molecule has 8 heteroatoms. The Bertz CT molecular complexity index is 774. The second kappa shape index (κ2) is 6.78. The van der Waals surface area contributed by atoms with Gasteiger partial charge in [0.15, 0.2) is 0 Å². The fourth-order valence-corrected chi connectivity index (χ4v) is 2.73. The van der Waals surface area contributed by atoms with Gasteiger partial charge in [-0.05, 0) is 36.4 Å². The second-order valence-corrected chi connectivity index (χ2v) is 6.40. The molecule has 0 radical (unpaired) electrons. The first-order valence-electron chi connectivity index (χ1n) is 6.12. The average molecular weight is 342 g/mol. The molecule has 0 bridgehead atoms. The van der Waals surface area contributed by atoms with Crippen LogP contribution in [0.15, 0.2) is 53.4 Å². The minimum Gasteiger partial charge on any atom is -0.480 e. The summed E-state index contributed by atoms with van der Waals surface area (Å²) in [7, 11) is -3.87. The highest BCUT2D eigenvalue weighted by atomic mass is 35.5. The molecule has 2 aromatic rings. The molecule has 0 fully saturated rings. The topological polar surface area (TPSA) is 92.7 Å². The maximum absolute atomic E-state index is 11.8. The molecule has 0 saturated heterocycles. The van der Waals surface area contributed by atoms with Gasteiger partial charge in [-0.3, -0.25) is 4.79 Å². The lowest BCUT2D eigenvalue weighted by Gasteiger charge is -2.08. The van der Waals surface area contributed by atoms with Gasteiger partial charge in [0.25, 0.3) is 0 Å². The number of hydrogen-bond donors (Lipinski definition) is 2. The summed E-state index contributed by atoms with van der Waals surface area (Å²) in [6.45, 7) is -0.680. The zero-order valence-electron chi connectivity index (χ0n) is 11.2. The summed E-state index contributed by atoms with van der Waals surface area (Å²) in [5.74, 6) is -0.406. The van der Waals surface area contributed by atoms with Crippen LogP contribution in [0, 0.1) is 0 Å². The van der Waals surface area contributed by atoms with E-state index in [9.17, 15) is 13.2 Å². The molecule has 0 atom stereocenters. The van der Waals surface area contributed by atoms with Gasteiger partial charge in [-0.2, -0.15) is 4.72 Å². The quantitative estimate of drug-likeness (QED) is 0.842. The highest BCUT2D eigenvalue weighted by Crippen LogP contribution is 2.29. The van der Waals surface area contributed by atoms with Crippen LogP contribution in [0.1, 0.15) is 0 Å². The molecule has 0 aliphatic carbocycles. The summed E-state index contributed by atoms with van der Waals surface area (Å²) in [6, 6.07) is 12.4. The summed E-state index contributed by atoms with van der Waals surface area (Å²) in [5.41, 5.74) is 0. The highest BCUT2D eigenvalue weighted by molar-refractivity contribution is 7.89. The molecule has 116 valence electrons. The number of carboxylic acid groups (broad SMARTS) is 1. The SMILES string of the molecule is O=C(O)CNS(=O)(=O)c1ccc(Oc2ccccc2Cl)cc1. The van der Waals surface area contributed by atoms with Crippen molar-refractivity contribution in [3.8, 4) is 11.5 Å². The van der Waals surface area contributed by atoms with E-state index in [1.165, 1.54) is 24.3 Å². The predicted molar refractivity (Wildman–Crippen MR) is 80.8 cm³/mol. The Labute approximate surface area is 132 Å². The van der Waals surface area contributed by atoms with E-state index in [1.807, 2.05) is 4.72 Å². The van der Waals surface area contributed by atoms with E-state index in [0.29, 0.717) is 16.5 Å². The molecular weight excluding hydrogens is 330 g/mol. The molecule has 0 aromatic heterocycles. The van der Waals surface area contributed by atoms with Gasteiger partial charge in [-0.15, -0.1) is 0 Å². The van der Waals surface area contributed by atoms with Crippen LogP contribution in [-0.2, 0) is 14.8 Å². The van der Waals surface area contributed by atoms with Gasteiger partial charge in [0.05, 0.1) is 9.92 Å². The summed E-state index contributed by atoms with van der Waals surface area (Å²) in [4.78, 5) is 10.4. The van der Waals surface area contributed by atoms with Crippen LogP contribution in [-0.4, -0.2) is 26.0 Å². The number of benzene rings is 2. The first-order chi connectivity index (χ1) is 10.4. The lowest BCUT2D eigenvalue weighted by Crippen LogP contribution is -2.29. The number of hydrogen-bond acceptors (Lipinski definition) is 4. The van der Waals surface area contributed by atoms with Gasteiger partial charge < -0.3 is 9.84 Å². The zero-order chi connectivity index (χ0) is 16.2. The molecule has 0 heterocycles. The van der Waals surface area contributed by atoms with Crippen molar-refractivity contribution in [1.82, 2.24) is 4.72 Å². The lowest BCUT2D eigenvalue weighted by atomic mass is 10.3. The third-order valence-electron chi connectivity index (χ3n) is 2.61. The molecule has 2 rings (SSSR count). The van der Waals surface area contributed by atoms with Crippen molar-refractivity contribution in [2.75, 3.05) is 6.54 Å². The number of nitrogens with one attached hydrogen (secondary N) is 1. The van der Waals surface area contributed by atoms with Crippen molar-refractivity contribution in [3.63, 3.8) is 0 Å². The number of sulfonamides is 1. The van der Waals surface area contributed by atoms with Crippen molar-refractivity contribution in [3.05, 3.63) is 53.6 Å². The van der Waals surface area contributed by atoms with Crippen LogP contribution in [0.4, 0.5) is 0 Å². The molecule has 6 nitrogen and oxygen atoms in total. The predicted octanol–water partition coefficient (Wildman–Crippen LogP) is 2.50. The fraction of sp³-hybridized carbons (Fsp3) is 0.0714. The van der Waals surface area contributed by atoms with E-state index in [1.54, 1.807) is 24.3 Å². The van der Waals surface area contributed by atoms with E-state index in [4.69, 9.17) is 21.4 Å². The van der Waals surface area contributed by atoms with E-state index in [-0.39, 0.29) is 4.90 Å². The summed E-state index contributed by atoms with van der Waals surface area (Å²) >= 11 is 5.96. The molecule has 22 heavy (non-hydrogen) atoms. The Morgan fingerprint density at radius 1 is 1.14 bits per heavy atom. The van der Waals surface area contributed by atoms with Gasteiger partial charge in [-0.25, -0.2) is 8.42 Å². The Balaban J connectivity index is 2.13. The number of carbonyl (C=O) groups is 1. The molecule has 2 aromatic carbocycles. The first-order valence-corrected chi connectivity index (χ1v) is 7.98. The number of carboxylic acids is 1. The zero-order valence-corrected chi connectivity index (χ0v) is 12.8. The van der Waals surface area contributed by atoms with Gasteiger partial charge in [0.1, 0.15) is 18.0 Å². The summed E-state index contributed by atoms with van der Waals surface area (Å²) in [5, 5.41) is 8.93. The van der Waals surface area contributed by atoms with E-state index < -0.39 is 22.5 Å². The minimum atomic E-state index is -3.87. The first kappa shape index (κ1) is 16.3. The number of para-hydroxylation sites is 1. The van der Waals surface area contributed by atoms with Crippen molar-refractivity contribution < 1.29 is 23.1 Å². The average Bonchev–Trinajstić information content (AvgIpc) is 2.48. The lowest BCUT2D eigenvalue weighted by molar-refractivity contribution is -0.135. The largest absolute Gasteiger partial charge is 0.480 e. The van der Waals surface area contributed by atoms with Gasteiger partial charge in [0, 0.05) is 0 Å². The molecule has 0 unspecified atom stereocenters. The van der Waals surface area contributed by atoms with Crippen LogP contribution in [0.3, 0.4) is 0 Å². The van der Waals surface area contributed by atoms with Crippen molar-refractivity contribution in [1.29, 1.82) is 0 Å². The molecule has 0 aliphatic heterocycles. The maximum atomic E-state index is 11.8. The van der Waals surface area contributed by atoms with Gasteiger partial charge in [-0.1, -0.05) is 23.7 Å². The van der Waals surface area contributed by atoms with Crippen molar-refractivity contribution >= 4 is 27.6 Å². The number of rotatable bonds is 6. The Hall–Kier alpha value is -2.09. The second-order valence-electron chi connectivity index (χ2n) is 4.22. The minimum absolute atomic E-state index is 0.0553. The molecule has 0 amide bonds. The van der Waals surface area contributed by atoms with Crippen molar-refractivity contribution in [2.45, 2.75) is 4.90 Å².